The second-order valence-corrected chi connectivity index (χ2v) is 9.49. The number of halogens is 2. The van der Waals surface area contributed by atoms with E-state index in [1.165, 1.54) is 10.7 Å². The number of carbonyl (C=O) groups is 2. The van der Waals surface area contributed by atoms with Crippen molar-refractivity contribution >= 4 is 35.1 Å². The number of hydrogen-bond donors (Lipinski definition) is 2. The van der Waals surface area contributed by atoms with Crippen LogP contribution in [0.1, 0.15) is 47.3 Å². The van der Waals surface area contributed by atoms with Crippen molar-refractivity contribution < 1.29 is 24.2 Å². The molecule has 0 bridgehead atoms. The molecule has 1 amide bonds. The van der Waals surface area contributed by atoms with Crippen molar-refractivity contribution in [3.05, 3.63) is 81.5 Å². The Kier molecular flexibility index (Phi) is 8.85. The predicted molar refractivity (Wildman–Crippen MR) is 135 cm³/mol. The number of carbonyl (C=O) groups excluding carboxylic acids is 1. The molecular formula is C26H27Cl2N3O5. The largest absolute Gasteiger partial charge is 0.476 e. The van der Waals surface area contributed by atoms with Crippen molar-refractivity contribution in [1.82, 2.24) is 15.1 Å². The summed E-state index contributed by atoms with van der Waals surface area (Å²) in [5.41, 5.74) is 1.48. The van der Waals surface area contributed by atoms with Crippen LogP contribution in [0.15, 0.2) is 54.6 Å². The Balaban J connectivity index is 1.40. The number of carboxylic acids is 1. The maximum atomic E-state index is 12.9. The lowest BCUT2D eigenvalue weighted by Crippen LogP contribution is -2.47. The molecule has 0 aliphatic heterocycles. The molecule has 3 aromatic rings. The van der Waals surface area contributed by atoms with Crippen molar-refractivity contribution in [2.45, 2.75) is 57.6 Å². The monoisotopic (exact) mass is 531 g/mol. The number of aromatic carboxylic acids is 1. The molecule has 2 aromatic carbocycles. The lowest BCUT2D eigenvalue weighted by Gasteiger charge is -2.32. The molecule has 0 spiro atoms. The van der Waals surface area contributed by atoms with Gasteiger partial charge in [-0.25, -0.2) is 9.48 Å². The first-order chi connectivity index (χ1) is 17.4. The first kappa shape index (κ1) is 26.0. The van der Waals surface area contributed by atoms with Crippen molar-refractivity contribution in [2.75, 3.05) is 0 Å². The van der Waals surface area contributed by atoms with Crippen LogP contribution >= 0.6 is 23.2 Å². The summed E-state index contributed by atoms with van der Waals surface area (Å²) in [5.74, 6) is -1.39. The number of benzene rings is 2. The molecule has 1 aromatic heterocycles. The van der Waals surface area contributed by atoms with E-state index in [0.29, 0.717) is 22.2 Å². The van der Waals surface area contributed by atoms with E-state index < -0.39 is 5.97 Å². The van der Waals surface area contributed by atoms with Gasteiger partial charge in [-0.3, -0.25) is 4.79 Å². The normalized spacial score (nSPS) is 17.5. The summed E-state index contributed by atoms with van der Waals surface area (Å²) in [7, 11) is 0. The summed E-state index contributed by atoms with van der Waals surface area (Å²) in [6.07, 6.45) is 3.60. The second kappa shape index (κ2) is 12.3. The van der Waals surface area contributed by atoms with Gasteiger partial charge in [0, 0.05) is 21.7 Å². The minimum atomic E-state index is -1.22. The summed E-state index contributed by atoms with van der Waals surface area (Å²) in [5, 5.41) is 17.4. The Morgan fingerprint density at radius 2 is 1.83 bits per heavy atom. The van der Waals surface area contributed by atoms with Gasteiger partial charge in [-0.05, 0) is 36.6 Å². The lowest BCUT2D eigenvalue weighted by molar-refractivity contribution is -0.124. The van der Waals surface area contributed by atoms with Crippen molar-refractivity contribution in [3.8, 4) is 5.88 Å². The minimum absolute atomic E-state index is 0.0315. The Bertz CT molecular complexity index is 1200. The van der Waals surface area contributed by atoms with E-state index in [2.05, 4.69) is 10.4 Å². The van der Waals surface area contributed by atoms with E-state index >= 15 is 0 Å². The lowest BCUT2D eigenvalue weighted by atomic mass is 9.92. The standard InChI is InChI=1S/C26H27Cl2N3O5/c27-19-10-11-20(28)18(12-19)16-36-25-13-22(26(33)34)30-31(25)14-24(32)29-21-8-4-5-9-23(21)35-15-17-6-2-1-3-7-17/h1-3,6-7,10-13,21,23H,4-5,8-9,14-16H2,(H,29,32)(H,33,34)/t21-,23-/m0/s1. The highest BCUT2D eigenvalue weighted by atomic mass is 35.5. The molecule has 190 valence electrons. The third kappa shape index (κ3) is 7.00. The van der Waals surface area contributed by atoms with Gasteiger partial charge >= 0.3 is 5.97 Å². The van der Waals surface area contributed by atoms with Gasteiger partial charge in [0.05, 0.1) is 18.8 Å². The summed E-state index contributed by atoms with van der Waals surface area (Å²) >= 11 is 12.2. The second-order valence-electron chi connectivity index (χ2n) is 8.65. The average Bonchev–Trinajstić information content (AvgIpc) is 3.27. The third-order valence-electron chi connectivity index (χ3n) is 5.99. The zero-order valence-corrected chi connectivity index (χ0v) is 21.0. The molecule has 1 heterocycles. The van der Waals surface area contributed by atoms with Gasteiger partial charge in [0.2, 0.25) is 11.8 Å². The minimum Gasteiger partial charge on any atom is -0.476 e. The topological polar surface area (TPSA) is 103 Å². The van der Waals surface area contributed by atoms with Gasteiger partial charge in [-0.2, -0.15) is 5.10 Å². The first-order valence-corrected chi connectivity index (χ1v) is 12.5. The molecule has 2 atom stereocenters. The predicted octanol–water partition coefficient (Wildman–Crippen LogP) is 5.11. The van der Waals surface area contributed by atoms with E-state index in [1.54, 1.807) is 18.2 Å². The zero-order valence-electron chi connectivity index (χ0n) is 19.5. The number of nitrogens with zero attached hydrogens (tertiary/aromatic N) is 2. The summed E-state index contributed by atoms with van der Waals surface area (Å²) in [6, 6.07) is 16.0. The van der Waals surface area contributed by atoms with Crippen LogP contribution in [0.5, 0.6) is 5.88 Å². The summed E-state index contributed by atoms with van der Waals surface area (Å²) in [4.78, 5) is 24.4. The van der Waals surface area contributed by atoms with E-state index in [1.807, 2.05) is 30.3 Å². The number of aromatic nitrogens is 2. The Hall–Kier alpha value is -3.07. The number of carboxylic acid groups (broad SMARTS) is 1. The van der Waals surface area contributed by atoms with Crippen molar-refractivity contribution in [3.63, 3.8) is 0 Å². The van der Waals surface area contributed by atoms with Gasteiger partial charge in [0.25, 0.3) is 0 Å². The SMILES string of the molecule is O=C(Cn1nc(C(=O)O)cc1OCc1cc(Cl)ccc1Cl)N[C@H]1CCCC[C@@H]1OCc1ccccc1. The highest BCUT2D eigenvalue weighted by Gasteiger charge is 2.28. The van der Waals surface area contributed by atoms with Gasteiger partial charge in [-0.1, -0.05) is 66.4 Å². The molecule has 2 N–H and O–H groups in total. The number of amides is 1. The number of rotatable bonds is 10. The van der Waals surface area contributed by atoms with Crippen molar-refractivity contribution in [1.29, 1.82) is 0 Å². The molecule has 1 saturated carbocycles. The Morgan fingerprint density at radius 1 is 1.06 bits per heavy atom. The van der Waals surface area contributed by atoms with Crippen LogP contribution in [-0.2, 0) is 29.3 Å². The van der Waals surface area contributed by atoms with Crippen molar-refractivity contribution in [2.24, 2.45) is 0 Å². The smallest absolute Gasteiger partial charge is 0.356 e. The first-order valence-electron chi connectivity index (χ1n) is 11.7. The Labute approximate surface area is 219 Å². The number of hydrogen-bond acceptors (Lipinski definition) is 5. The van der Waals surface area contributed by atoms with Crippen LogP contribution in [0.2, 0.25) is 10.0 Å². The fourth-order valence-electron chi connectivity index (χ4n) is 4.17. The molecule has 0 unspecified atom stereocenters. The van der Waals surface area contributed by atoms with E-state index in [4.69, 9.17) is 32.7 Å². The third-order valence-corrected chi connectivity index (χ3v) is 6.60. The number of ether oxygens (including phenoxy) is 2. The van der Waals surface area contributed by atoms with Crippen LogP contribution in [0.3, 0.4) is 0 Å². The quantitative estimate of drug-likeness (QED) is 0.376. The van der Waals surface area contributed by atoms with Gasteiger partial charge in [-0.15, -0.1) is 0 Å². The fourth-order valence-corrected chi connectivity index (χ4v) is 4.53. The van der Waals surface area contributed by atoms with E-state index in [-0.39, 0.29) is 42.8 Å². The molecule has 0 radical (unpaired) electrons. The van der Waals surface area contributed by atoms with Crippen LogP contribution in [-0.4, -0.2) is 38.9 Å². The highest BCUT2D eigenvalue weighted by molar-refractivity contribution is 6.33. The van der Waals surface area contributed by atoms with Gasteiger partial charge in [0.1, 0.15) is 13.2 Å². The van der Waals surface area contributed by atoms with Crippen LogP contribution in [0, 0.1) is 0 Å². The molecule has 36 heavy (non-hydrogen) atoms. The zero-order chi connectivity index (χ0) is 25.5. The molecule has 4 rings (SSSR count). The Morgan fingerprint density at radius 3 is 2.61 bits per heavy atom. The van der Waals surface area contributed by atoms with Crippen LogP contribution < -0.4 is 10.1 Å². The fraction of sp³-hybridized carbons (Fsp3) is 0.346. The maximum Gasteiger partial charge on any atom is 0.356 e. The molecule has 0 saturated heterocycles. The van der Waals surface area contributed by atoms with E-state index in [0.717, 1.165) is 31.2 Å². The molecule has 1 aliphatic carbocycles. The highest BCUT2D eigenvalue weighted by Crippen LogP contribution is 2.24. The van der Waals surface area contributed by atoms with Crippen LogP contribution in [0.4, 0.5) is 0 Å². The maximum absolute atomic E-state index is 12.9. The van der Waals surface area contributed by atoms with Crippen LogP contribution in [0.25, 0.3) is 0 Å². The summed E-state index contributed by atoms with van der Waals surface area (Å²) < 4.78 is 13.2. The molecule has 1 aliphatic rings. The molecule has 10 heteroatoms. The number of nitrogens with one attached hydrogen (secondary N) is 1. The molecular weight excluding hydrogens is 505 g/mol. The van der Waals surface area contributed by atoms with E-state index in [9.17, 15) is 14.7 Å². The van der Waals surface area contributed by atoms with Gasteiger partial charge in [0.15, 0.2) is 5.69 Å². The van der Waals surface area contributed by atoms with Gasteiger partial charge < -0.3 is 19.9 Å². The summed E-state index contributed by atoms with van der Waals surface area (Å²) in [6.45, 7) is 0.306. The molecule has 1 fully saturated rings. The molecule has 8 nitrogen and oxygen atoms in total. The average molecular weight is 532 g/mol.